The number of hydrogen-bond donors (Lipinski definition) is 1. The fourth-order valence-electron chi connectivity index (χ4n) is 3.64. The van der Waals surface area contributed by atoms with Gasteiger partial charge in [-0.3, -0.25) is 0 Å². The molecule has 0 aliphatic heterocycles. The molecule has 0 radical (unpaired) electrons. The lowest BCUT2D eigenvalue weighted by atomic mass is 9.82. The summed E-state index contributed by atoms with van der Waals surface area (Å²) in [6, 6.07) is 25.8. The molecule has 2 aromatic heterocycles. The maximum absolute atomic E-state index is 12.1. The van der Waals surface area contributed by atoms with Gasteiger partial charge in [-0.2, -0.15) is 17.6 Å². The number of imidazole rings is 1. The maximum Gasteiger partial charge on any atom is 0.430 e. The summed E-state index contributed by atoms with van der Waals surface area (Å²) in [6.07, 6.45) is -3.19. The third kappa shape index (κ3) is 4.22. The molecule has 0 saturated heterocycles. The Bertz CT molecular complexity index is 1180. The Morgan fingerprint density at radius 2 is 1.34 bits per heavy atom. The lowest BCUT2D eigenvalue weighted by Gasteiger charge is -2.27. The minimum Gasteiger partial charge on any atom is -0.542 e. The molecule has 166 valence electrons. The number of aliphatic hydroxyl groups is 1. The summed E-state index contributed by atoms with van der Waals surface area (Å²) in [5.41, 5.74) is 3.41. The van der Waals surface area contributed by atoms with Crippen LogP contribution in [0.3, 0.4) is 0 Å². The molecule has 2 aromatic carbocycles. The van der Waals surface area contributed by atoms with Crippen molar-refractivity contribution in [1.82, 2.24) is 4.57 Å². The van der Waals surface area contributed by atoms with Crippen molar-refractivity contribution in [2.24, 2.45) is 7.05 Å². The summed E-state index contributed by atoms with van der Waals surface area (Å²) in [4.78, 5) is 8.78. The van der Waals surface area contributed by atoms with E-state index in [-0.39, 0.29) is 0 Å². The summed E-state index contributed by atoms with van der Waals surface area (Å²) in [5.74, 6) is -3.01. The molecule has 0 spiro atoms. The predicted octanol–water partition coefficient (Wildman–Crippen LogP) is 2.66. The Morgan fingerprint density at radius 1 is 0.906 bits per heavy atom. The first kappa shape index (κ1) is 23.0. The van der Waals surface area contributed by atoms with Gasteiger partial charge in [-0.25, -0.2) is 4.57 Å². The van der Waals surface area contributed by atoms with E-state index in [4.69, 9.17) is 9.90 Å². The third-order valence-electron chi connectivity index (χ3n) is 5.23. The van der Waals surface area contributed by atoms with Crippen molar-refractivity contribution < 1.29 is 32.6 Å². The quantitative estimate of drug-likeness (QED) is 0.496. The van der Waals surface area contributed by atoms with Crippen LogP contribution in [-0.2, 0) is 17.4 Å². The second-order valence-corrected chi connectivity index (χ2v) is 7.15. The number of nitrogens with zero attached hydrogens (tertiary/aromatic N) is 2. The van der Waals surface area contributed by atoms with Crippen LogP contribution in [0.2, 0.25) is 0 Å². The number of carbonyl (C=O) groups is 1. The van der Waals surface area contributed by atoms with Crippen molar-refractivity contribution in [3.8, 4) is 0 Å². The van der Waals surface area contributed by atoms with E-state index in [9.17, 15) is 18.3 Å². The molecule has 0 aliphatic carbocycles. The second-order valence-electron chi connectivity index (χ2n) is 7.15. The SMILES string of the molecule is Cc1c(C(O)(c2ccccc2)c2ccccc2)[n+]2ccccc2n1C.O=C([O-])C(F)(F)F. The molecule has 5 nitrogen and oxygen atoms in total. The van der Waals surface area contributed by atoms with E-state index >= 15 is 0 Å². The van der Waals surface area contributed by atoms with Crippen molar-refractivity contribution >= 4 is 11.6 Å². The van der Waals surface area contributed by atoms with E-state index in [1.165, 1.54) is 0 Å². The molecule has 4 rings (SSSR count). The molecule has 32 heavy (non-hydrogen) atoms. The van der Waals surface area contributed by atoms with E-state index < -0.39 is 17.7 Å². The summed E-state index contributed by atoms with van der Waals surface area (Å²) < 4.78 is 35.7. The molecule has 1 N–H and O–H groups in total. The van der Waals surface area contributed by atoms with Crippen LogP contribution in [0, 0.1) is 6.92 Å². The van der Waals surface area contributed by atoms with Gasteiger partial charge in [-0.1, -0.05) is 66.7 Å². The molecule has 0 fully saturated rings. The number of hydrogen-bond acceptors (Lipinski definition) is 3. The number of carboxylic acids is 1. The van der Waals surface area contributed by atoms with Gasteiger partial charge in [-0.05, 0) is 17.2 Å². The molecule has 4 aromatic rings. The van der Waals surface area contributed by atoms with Gasteiger partial charge >= 0.3 is 6.18 Å². The Hall–Kier alpha value is -3.65. The number of aliphatic carboxylic acids is 1. The number of aromatic nitrogens is 2. The van der Waals surface area contributed by atoms with Gasteiger partial charge in [0.2, 0.25) is 0 Å². The molecular formula is C24H21F3N2O3. The highest BCUT2D eigenvalue weighted by Crippen LogP contribution is 2.36. The first-order valence-electron chi connectivity index (χ1n) is 9.66. The molecule has 8 heteroatoms. The van der Waals surface area contributed by atoms with E-state index in [0.717, 1.165) is 28.2 Å². The topological polar surface area (TPSA) is 69.4 Å². The van der Waals surface area contributed by atoms with E-state index in [0.29, 0.717) is 0 Å². The van der Waals surface area contributed by atoms with Gasteiger partial charge in [0.25, 0.3) is 5.65 Å². The number of rotatable bonds is 3. The normalized spacial score (nSPS) is 11.7. The predicted molar refractivity (Wildman–Crippen MR) is 109 cm³/mol. The van der Waals surface area contributed by atoms with Gasteiger partial charge in [0.05, 0.1) is 13.2 Å². The van der Waals surface area contributed by atoms with Gasteiger partial charge in [0.1, 0.15) is 11.7 Å². The number of aryl methyl sites for hydroxylation is 1. The van der Waals surface area contributed by atoms with E-state index in [1.54, 1.807) is 0 Å². The zero-order chi connectivity index (χ0) is 23.5. The molecule has 0 bridgehead atoms. The van der Waals surface area contributed by atoms with Crippen molar-refractivity contribution in [3.63, 3.8) is 0 Å². The summed E-state index contributed by atoms with van der Waals surface area (Å²) in [6.45, 7) is 2.05. The molecule has 0 unspecified atom stereocenters. The highest BCUT2D eigenvalue weighted by molar-refractivity contribution is 5.70. The number of halogens is 3. The van der Waals surface area contributed by atoms with Crippen LogP contribution < -0.4 is 9.51 Å². The zero-order valence-electron chi connectivity index (χ0n) is 17.4. The van der Waals surface area contributed by atoms with Crippen LogP contribution in [-0.4, -0.2) is 21.8 Å². The first-order valence-corrected chi connectivity index (χ1v) is 9.66. The lowest BCUT2D eigenvalue weighted by molar-refractivity contribution is -0.529. The second kappa shape index (κ2) is 8.84. The fourth-order valence-corrected chi connectivity index (χ4v) is 3.64. The highest BCUT2D eigenvalue weighted by atomic mass is 19.4. The van der Waals surface area contributed by atoms with Crippen molar-refractivity contribution in [2.45, 2.75) is 18.7 Å². The number of pyridine rings is 1. The van der Waals surface area contributed by atoms with Gasteiger partial charge < -0.3 is 15.0 Å². The third-order valence-corrected chi connectivity index (χ3v) is 5.23. The Morgan fingerprint density at radius 3 is 1.78 bits per heavy atom. The average molecular weight is 442 g/mol. The monoisotopic (exact) mass is 442 g/mol. The smallest absolute Gasteiger partial charge is 0.430 e. The lowest BCUT2D eigenvalue weighted by Crippen LogP contribution is -2.40. The van der Waals surface area contributed by atoms with Crippen molar-refractivity contribution in [2.75, 3.05) is 0 Å². The zero-order valence-corrected chi connectivity index (χ0v) is 17.4. The Labute approximate surface area is 182 Å². The largest absolute Gasteiger partial charge is 0.542 e. The Kier molecular flexibility index (Phi) is 6.36. The van der Waals surface area contributed by atoms with E-state index in [1.807, 2.05) is 86.0 Å². The minimum absolute atomic E-state index is 0.855. The fraction of sp³-hybridized carbons (Fsp3) is 0.167. The average Bonchev–Trinajstić information content (AvgIpc) is 3.05. The van der Waals surface area contributed by atoms with Gasteiger partial charge in [-0.15, -0.1) is 0 Å². The summed E-state index contributed by atoms with van der Waals surface area (Å²) in [5, 5.41) is 20.9. The van der Waals surface area contributed by atoms with Crippen LogP contribution in [0.1, 0.15) is 22.5 Å². The van der Waals surface area contributed by atoms with Gasteiger partial charge in [0.15, 0.2) is 11.3 Å². The van der Waals surface area contributed by atoms with Gasteiger partial charge in [0, 0.05) is 13.0 Å². The summed E-state index contributed by atoms with van der Waals surface area (Å²) >= 11 is 0. The first-order chi connectivity index (χ1) is 15.1. The van der Waals surface area contributed by atoms with Crippen LogP contribution in [0.15, 0.2) is 85.1 Å². The molecular weight excluding hydrogens is 421 g/mol. The van der Waals surface area contributed by atoms with Crippen LogP contribution in [0.5, 0.6) is 0 Å². The van der Waals surface area contributed by atoms with Crippen LogP contribution in [0.4, 0.5) is 13.2 Å². The molecule has 0 aliphatic rings. The standard InChI is InChI=1S/C22H21N2O.C2HF3O2/c1-17-21(24-16-10-9-15-20(24)23(17)2)22(25,18-11-5-3-6-12-18)19-13-7-4-8-14-19;3-2(4,5)1(6)7/h3-16,25H,1-2H3;(H,6,7)/q+1;/p-1. The minimum atomic E-state index is -5.19. The number of benzene rings is 2. The van der Waals surface area contributed by atoms with Crippen molar-refractivity contribution in [3.05, 3.63) is 108 Å². The number of alkyl halides is 3. The van der Waals surface area contributed by atoms with E-state index in [2.05, 4.69) is 22.0 Å². The highest BCUT2D eigenvalue weighted by Gasteiger charge is 2.43. The van der Waals surface area contributed by atoms with Crippen LogP contribution in [0.25, 0.3) is 5.65 Å². The molecule has 0 amide bonds. The number of carbonyl (C=O) groups excluding carboxylic acids is 1. The maximum atomic E-state index is 12.1. The Balaban J connectivity index is 0.000000360. The number of fused-ring (bicyclic) bond motifs is 1. The van der Waals surface area contributed by atoms with Crippen molar-refractivity contribution in [1.29, 1.82) is 0 Å². The van der Waals surface area contributed by atoms with Crippen LogP contribution >= 0.6 is 0 Å². The molecule has 0 atom stereocenters. The summed E-state index contributed by atoms with van der Waals surface area (Å²) in [7, 11) is 2.03. The number of carboxylic acid groups (broad SMARTS) is 1. The molecule has 2 heterocycles. The molecule has 0 saturated carbocycles.